The zero-order valence-electron chi connectivity index (χ0n) is 18.2. The van der Waals surface area contributed by atoms with Gasteiger partial charge in [-0.1, -0.05) is 26.8 Å². The standard InChI is InChI=1S/C15H21NO2.C7H10FNOS2/c1-4-11-13(6-15(16)17)12(9(2)3)5-10-7-18-8-14(10)11;1-7(2,10)5-3-4(8)6(11-5)12-9/h5,9H,4,6-8H2,1-3H3,(H2,16,17);3,10H,9H2,1-2H3. The first kappa shape index (κ1) is 24.8. The summed E-state index contributed by atoms with van der Waals surface area (Å²) in [6.07, 6.45) is 1.26. The van der Waals surface area contributed by atoms with Crippen LogP contribution in [0.3, 0.4) is 0 Å². The van der Waals surface area contributed by atoms with Crippen molar-refractivity contribution in [2.45, 2.75) is 76.4 Å². The molecule has 0 unspecified atom stereocenters. The third-order valence-corrected chi connectivity index (χ3v) is 7.16. The average molecular weight is 455 g/mol. The first-order valence-corrected chi connectivity index (χ1v) is 11.6. The number of hydrogen-bond acceptors (Lipinski definition) is 6. The number of carbonyl (C=O) groups is 1. The average Bonchev–Trinajstić information content (AvgIpc) is 3.26. The van der Waals surface area contributed by atoms with Crippen LogP contribution in [0, 0.1) is 5.82 Å². The molecule has 3 rings (SSSR count). The van der Waals surface area contributed by atoms with Crippen molar-refractivity contribution in [1.29, 1.82) is 0 Å². The van der Waals surface area contributed by atoms with Crippen molar-refractivity contribution < 1.29 is 19.0 Å². The maximum Gasteiger partial charge on any atom is 0.221 e. The van der Waals surface area contributed by atoms with Gasteiger partial charge in [-0.25, -0.2) is 4.39 Å². The predicted octanol–water partition coefficient (Wildman–Crippen LogP) is 4.51. The maximum atomic E-state index is 12.9. The summed E-state index contributed by atoms with van der Waals surface area (Å²) in [7, 11) is 0. The van der Waals surface area contributed by atoms with Crippen LogP contribution in [0.2, 0.25) is 0 Å². The van der Waals surface area contributed by atoms with E-state index in [2.05, 4.69) is 26.8 Å². The van der Waals surface area contributed by atoms with E-state index in [1.165, 1.54) is 39.7 Å². The molecule has 2 heterocycles. The molecule has 1 aromatic carbocycles. The van der Waals surface area contributed by atoms with Gasteiger partial charge in [0.15, 0.2) is 0 Å². The number of aliphatic hydroxyl groups is 1. The lowest BCUT2D eigenvalue weighted by Gasteiger charge is -2.19. The van der Waals surface area contributed by atoms with Crippen molar-refractivity contribution in [3.63, 3.8) is 0 Å². The molecule has 0 atom stereocenters. The van der Waals surface area contributed by atoms with E-state index in [1.54, 1.807) is 13.8 Å². The zero-order chi connectivity index (χ0) is 22.6. The molecule has 30 heavy (non-hydrogen) atoms. The van der Waals surface area contributed by atoms with Crippen LogP contribution in [0.25, 0.3) is 0 Å². The first-order valence-electron chi connectivity index (χ1n) is 9.90. The van der Waals surface area contributed by atoms with Crippen LogP contribution in [-0.2, 0) is 41.2 Å². The van der Waals surface area contributed by atoms with Crippen molar-refractivity contribution in [3.8, 4) is 0 Å². The Morgan fingerprint density at radius 2 is 2.00 bits per heavy atom. The normalized spacial score (nSPS) is 13.2. The largest absolute Gasteiger partial charge is 0.385 e. The van der Waals surface area contributed by atoms with Crippen LogP contribution < -0.4 is 10.9 Å². The number of nitrogens with two attached hydrogens (primary N) is 2. The van der Waals surface area contributed by atoms with E-state index < -0.39 is 5.60 Å². The van der Waals surface area contributed by atoms with Gasteiger partial charge in [-0.15, -0.1) is 11.3 Å². The number of fused-ring (bicyclic) bond motifs is 1. The molecule has 0 radical (unpaired) electrons. The molecule has 1 aromatic heterocycles. The third kappa shape index (κ3) is 5.82. The van der Waals surface area contributed by atoms with Crippen molar-refractivity contribution in [2.75, 3.05) is 0 Å². The highest BCUT2D eigenvalue weighted by atomic mass is 32.2. The fourth-order valence-corrected chi connectivity index (χ4v) is 4.94. The Kier molecular flexibility index (Phi) is 8.47. The fourth-order valence-electron chi connectivity index (χ4n) is 3.54. The number of primary amides is 1. The predicted molar refractivity (Wildman–Crippen MR) is 121 cm³/mol. The lowest BCUT2D eigenvalue weighted by molar-refractivity contribution is -0.117. The van der Waals surface area contributed by atoms with Gasteiger partial charge in [0, 0.05) is 4.88 Å². The maximum absolute atomic E-state index is 12.9. The lowest BCUT2D eigenvalue weighted by atomic mass is 9.85. The second kappa shape index (κ2) is 10.2. The van der Waals surface area contributed by atoms with E-state index in [9.17, 15) is 14.3 Å². The Hall–Kier alpha value is -1.45. The number of rotatable bonds is 6. The molecule has 1 amide bonds. The number of ether oxygens (including phenoxy) is 1. The van der Waals surface area contributed by atoms with Crippen molar-refractivity contribution in [3.05, 3.63) is 50.6 Å². The molecule has 0 saturated carbocycles. The number of benzene rings is 1. The van der Waals surface area contributed by atoms with Crippen LogP contribution in [-0.4, -0.2) is 11.0 Å². The summed E-state index contributed by atoms with van der Waals surface area (Å²) in [6.45, 7) is 11.0. The molecule has 0 saturated heterocycles. The number of thiophene rings is 1. The van der Waals surface area contributed by atoms with E-state index in [0.717, 1.165) is 23.9 Å². The Labute approximate surface area is 186 Å². The third-order valence-electron chi connectivity index (χ3n) is 4.99. The lowest BCUT2D eigenvalue weighted by Crippen LogP contribution is -2.18. The van der Waals surface area contributed by atoms with Gasteiger partial charge in [-0.05, 0) is 72.0 Å². The highest BCUT2D eigenvalue weighted by Gasteiger charge is 2.23. The minimum Gasteiger partial charge on any atom is -0.385 e. The molecule has 2 aromatic rings. The van der Waals surface area contributed by atoms with Gasteiger partial charge in [0.05, 0.1) is 25.2 Å². The van der Waals surface area contributed by atoms with Crippen LogP contribution in [0.5, 0.6) is 0 Å². The number of halogens is 1. The molecule has 0 aliphatic carbocycles. The number of hydrogen-bond donors (Lipinski definition) is 3. The van der Waals surface area contributed by atoms with Crippen molar-refractivity contribution in [1.82, 2.24) is 0 Å². The molecular weight excluding hydrogens is 423 g/mol. The molecule has 166 valence electrons. The Bertz CT molecular complexity index is 905. The van der Waals surface area contributed by atoms with E-state index in [4.69, 9.17) is 15.6 Å². The molecule has 8 heteroatoms. The Balaban J connectivity index is 0.000000232. The summed E-state index contributed by atoms with van der Waals surface area (Å²) in [5.74, 6) is -0.217. The summed E-state index contributed by atoms with van der Waals surface area (Å²) in [5.41, 5.74) is 10.6. The van der Waals surface area contributed by atoms with Crippen molar-refractivity contribution in [2.24, 2.45) is 10.9 Å². The van der Waals surface area contributed by atoms with E-state index in [-0.39, 0.29) is 11.7 Å². The first-order chi connectivity index (χ1) is 14.0. The van der Waals surface area contributed by atoms with Gasteiger partial charge in [-0.3, -0.25) is 9.93 Å². The number of amides is 1. The Morgan fingerprint density at radius 3 is 2.43 bits per heavy atom. The molecule has 0 fully saturated rings. The van der Waals surface area contributed by atoms with Gasteiger partial charge >= 0.3 is 0 Å². The smallest absolute Gasteiger partial charge is 0.221 e. The van der Waals surface area contributed by atoms with Gasteiger partial charge in [0.1, 0.15) is 10.0 Å². The highest BCUT2D eigenvalue weighted by Crippen LogP contribution is 2.34. The van der Waals surface area contributed by atoms with Crippen molar-refractivity contribution >= 4 is 29.2 Å². The summed E-state index contributed by atoms with van der Waals surface area (Å²) in [4.78, 5) is 11.9. The highest BCUT2D eigenvalue weighted by molar-refractivity contribution is 7.99. The summed E-state index contributed by atoms with van der Waals surface area (Å²) in [6, 6.07) is 3.52. The monoisotopic (exact) mass is 454 g/mol. The summed E-state index contributed by atoms with van der Waals surface area (Å²) < 4.78 is 18.9. The second-order valence-electron chi connectivity index (χ2n) is 8.13. The molecule has 5 nitrogen and oxygen atoms in total. The van der Waals surface area contributed by atoms with Crippen LogP contribution >= 0.6 is 23.3 Å². The molecule has 1 aliphatic rings. The quantitative estimate of drug-likeness (QED) is 0.558. The molecule has 0 spiro atoms. The fraction of sp³-hybridized carbons (Fsp3) is 0.500. The van der Waals surface area contributed by atoms with Gasteiger partial charge in [0.25, 0.3) is 0 Å². The molecule has 0 bridgehead atoms. The number of carbonyl (C=O) groups excluding carboxylic acids is 1. The summed E-state index contributed by atoms with van der Waals surface area (Å²) >= 11 is 2.04. The second-order valence-corrected chi connectivity index (χ2v) is 10.1. The molecule has 1 aliphatic heterocycles. The van der Waals surface area contributed by atoms with Gasteiger partial charge in [-0.2, -0.15) is 0 Å². The minimum atomic E-state index is -0.987. The minimum absolute atomic E-state index is 0.259. The Morgan fingerprint density at radius 1 is 1.33 bits per heavy atom. The molecule has 5 N–H and O–H groups in total. The van der Waals surface area contributed by atoms with Gasteiger partial charge < -0.3 is 15.6 Å². The van der Waals surface area contributed by atoms with E-state index >= 15 is 0 Å². The van der Waals surface area contributed by atoms with E-state index in [1.807, 2.05) is 0 Å². The molecular formula is C22H31FN2O3S2. The van der Waals surface area contributed by atoms with Crippen LogP contribution in [0.15, 0.2) is 16.3 Å². The zero-order valence-corrected chi connectivity index (χ0v) is 19.8. The SMILES string of the molecule is CC(C)(O)c1cc(F)c(SN)s1.CCc1c2c(cc(C(C)C)c1CC(N)=O)COC2. The van der Waals surface area contributed by atoms with Gasteiger partial charge in [0.2, 0.25) is 5.91 Å². The van der Waals surface area contributed by atoms with E-state index in [0.29, 0.717) is 34.6 Å². The summed E-state index contributed by atoms with van der Waals surface area (Å²) in [5, 5.41) is 14.7. The van der Waals surface area contributed by atoms with Crippen LogP contribution in [0.1, 0.15) is 73.2 Å². The van der Waals surface area contributed by atoms with Crippen LogP contribution in [0.4, 0.5) is 4.39 Å². The topological polar surface area (TPSA) is 98.6 Å².